The van der Waals surface area contributed by atoms with E-state index in [0.717, 1.165) is 12.3 Å². The van der Waals surface area contributed by atoms with Gasteiger partial charge in [0.05, 0.1) is 0 Å². The summed E-state index contributed by atoms with van der Waals surface area (Å²) in [6.45, 7) is 0. The van der Waals surface area contributed by atoms with Gasteiger partial charge < -0.3 is 0 Å². The third-order valence-electron chi connectivity index (χ3n) is 1.04. The second-order valence-corrected chi connectivity index (χ2v) is 4.38. The molecule has 1 aromatic heterocycles. The summed E-state index contributed by atoms with van der Waals surface area (Å²) >= 11 is 2.92. The molecule has 0 radical (unpaired) electrons. The summed E-state index contributed by atoms with van der Waals surface area (Å²) in [5.41, 5.74) is 0. The van der Waals surface area contributed by atoms with Gasteiger partial charge in [-0.1, -0.05) is 0 Å². The maximum atomic E-state index is 12.8. The molecule has 0 saturated heterocycles. The van der Waals surface area contributed by atoms with Crippen LogP contribution in [0.15, 0.2) is 21.8 Å². The zero-order valence-corrected chi connectivity index (χ0v) is 8.06. The minimum atomic E-state index is -4.06. The third kappa shape index (κ3) is 1.99. The standard InChI is InChI=1S/C5H4BrFN2O2S/c6-3-1-4(7)5(9-2-3)12(8,10)11/h1-2H,(H2,8,10,11). The molecule has 0 atom stereocenters. The van der Waals surface area contributed by atoms with Gasteiger partial charge in [-0.2, -0.15) is 0 Å². The van der Waals surface area contributed by atoms with Crippen molar-refractivity contribution < 1.29 is 12.8 Å². The molecule has 0 aliphatic heterocycles. The van der Waals surface area contributed by atoms with Gasteiger partial charge in [-0.25, -0.2) is 22.9 Å². The van der Waals surface area contributed by atoms with Gasteiger partial charge in [0.2, 0.25) is 5.03 Å². The van der Waals surface area contributed by atoms with Crippen molar-refractivity contribution >= 4 is 26.0 Å². The van der Waals surface area contributed by atoms with Gasteiger partial charge in [-0.05, 0) is 22.0 Å². The Hall–Kier alpha value is -0.530. The lowest BCUT2D eigenvalue weighted by atomic mass is 10.5. The van der Waals surface area contributed by atoms with Crippen molar-refractivity contribution in [3.05, 3.63) is 22.6 Å². The van der Waals surface area contributed by atoms with E-state index in [0.29, 0.717) is 4.47 Å². The molecular formula is C5H4BrFN2O2S. The van der Waals surface area contributed by atoms with Crippen molar-refractivity contribution in [3.8, 4) is 0 Å². The van der Waals surface area contributed by atoms with Crippen LogP contribution in [0.4, 0.5) is 4.39 Å². The molecule has 0 aromatic carbocycles. The fourth-order valence-electron chi connectivity index (χ4n) is 0.611. The van der Waals surface area contributed by atoms with Crippen molar-refractivity contribution in [1.29, 1.82) is 0 Å². The number of halogens is 2. The zero-order valence-electron chi connectivity index (χ0n) is 5.66. The molecule has 0 bridgehead atoms. The van der Waals surface area contributed by atoms with Crippen LogP contribution < -0.4 is 5.14 Å². The van der Waals surface area contributed by atoms with Crippen LogP contribution in [0.1, 0.15) is 0 Å². The molecule has 1 aromatic rings. The highest BCUT2D eigenvalue weighted by atomic mass is 79.9. The largest absolute Gasteiger partial charge is 0.258 e. The number of nitrogens with two attached hydrogens (primary N) is 1. The van der Waals surface area contributed by atoms with Gasteiger partial charge in [-0.15, -0.1) is 0 Å². The van der Waals surface area contributed by atoms with Crippen LogP contribution in [-0.4, -0.2) is 13.4 Å². The Labute approximate surface area is 76.8 Å². The smallest absolute Gasteiger partial charge is 0.240 e. The highest BCUT2D eigenvalue weighted by Crippen LogP contribution is 2.14. The highest BCUT2D eigenvalue weighted by Gasteiger charge is 2.15. The second kappa shape index (κ2) is 3.08. The molecule has 2 N–H and O–H groups in total. The molecule has 4 nitrogen and oxygen atoms in total. The average molecular weight is 255 g/mol. The quantitative estimate of drug-likeness (QED) is 0.799. The monoisotopic (exact) mass is 254 g/mol. The summed E-state index contributed by atoms with van der Waals surface area (Å²) in [6, 6.07) is 0.979. The molecule has 0 spiro atoms. The summed E-state index contributed by atoms with van der Waals surface area (Å²) in [5.74, 6) is -0.966. The predicted octanol–water partition coefficient (Wildman–Crippen LogP) is 0.631. The number of pyridine rings is 1. The molecule has 66 valence electrons. The van der Waals surface area contributed by atoms with Crippen molar-refractivity contribution in [2.24, 2.45) is 5.14 Å². The summed E-state index contributed by atoms with van der Waals surface area (Å²) < 4.78 is 34.4. The maximum Gasteiger partial charge on any atom is 0.258 e. The topological polar surface area (TPSA) is 73.1 Å². The van der Waals surface area contributed by atoms with Crippen LogP contribution >= 0.6 is 15.9 Å². The van der Waals surface area contributed by atoms with Crippen molar-refractivity contribution in [2.75, 3.05) is 0 Å². The Morgan fingerprint density at radius 1 is 1.58 bits per heavy atom. The summed E-state index contributed by atoms with van der Waals surface area (Å²) in [7, 11) is -4.06. The van der Waals surface area contributed by atoms with Gasteiger partial charge in [-0.3, -0.25) is 0 Å². The molecule has 0 aliphatic rings. The Bertz CT molecular complexity index is 406. The molecule has 0 aliphatic carbocycles. The van der Waals surface area contributed by atoms with Crippen molar-refractivity contribution in [3.63, 3.8) is 0 Å². The summed E-state index contributed by atoms with van der Waals surface area (Å²) in [5, 5.41) is 3.92. The first kappa shape index (κ1) is 9.56. The number of nitrogens with zero attached hydrogens (tertiary/aromatic N) is 1. The van der Waals surface area contributed by atoms with Gasteiger partial charge in [0.25, 0.3) is 10.0 Å². The number of hydrogen-bond acceptors (Lipinski definition) is 3. The first-order chi connectivity index (χ1) is 5.41. The molecule has 0 saturated carbocycles. The van der Waals surface area contributed by atoms with Crippen LogP contribution in [0, 0.1) is 5.82 Å². The maximum absolute atomic E-state index is 12.8. The molecule has 7 heteroatoms. The molecular weight excluding hydrogens is 251 g/mol. The van der Waals surface area contributed by atoms with Gasteiger partial charge >= 0.3 is 0 Å². The minimum Gasteiger partial charge on any atom is -0.240 e. The van der Waals surface area contributed by atoms with E-state index in [2.05, 4.69) is 26.1 Å². The third-order valence-corrected chi connectivity index (χ3v) is 2.32. The van der Waals surface area contributed by atoms with Crippen molar-refractivity contribution in [1.82, 2.24) is 4.98 Å². The van der Waals surface area contributed by atoms with Gasteiger partial charge in [0, 0.05) is 10.7 Å². The molecule has 12 heavy (non-hydrogen) atoms. The molecule has 1 rings (SSSR count). The molecule has 0 amide bonds. The number of hydrogen-bond donors (Lipinski definition) is 1. The predicted molar refractivity (Wildman–Crippen MR) is 43.3 cm³/mol. The lowest BCUT2D eigenvalue weighted by Gasteiger charge is -1.98. The average Bonchev–Trinajstić information content (AvgIpc) is 1.83. The summed E-state index contributed by atoms with van der Waals surface area (Å²) in [6.07, 6.45) is 1.16. The van der Waals surface area contributed by atoms with E-state index >= 15 is 0 Å². The first-order valence-corrected chi connectivity index (χ1v) is 5.09. The zero-order chi connectivity index (χ0) is 9.35. The van der Waals surface area contributed by atoms with Crippen LogP contribution in [0.3, 0.4) is 0 Å². The normalized spacial score (nSPS) is 11.6. The number of primary sulfonamides is 1. The first-order valence-electron chi connectivity index (χ1n) is 2.75. The van der Waals surface area contributed by atoms with Crippen LogP contribution in [0.25, 0.3) is 0 Å². The summed E-state index contributed by atoms with van der Waals surface area (Å²) in [4.78, 5) is 3.31. The molecule has 1 heterocycles. The van der Waals surface area contributed by atoms with E-state index in [9.17, 15) is 12.8 Å². The fraction of sp³-hybridized carbons (Fsp3) is 0. The number of aromatic nitrogens is 1. The van der Waals surface area contributed by atoms with E-state index in [4.69, 9.17) is 0 Å². The Balaban J connectivity index is 3.39. The van der Waals surface area contributed by atoms with Crippen LogP contribution in [0.2, 0.25) is 0 Å². The van der Waals surface area contributed by atoms with Gasteiger partial charge in [0.1, 0.15) is 0 Å². The van der Waals surface area contributed by atoms with Gasteiger partial charge in [0.15, 0.2) is 5.82 Å². The Morgan fingerprint density at radius 2 is 2.17 bits per heavy atom. The lowest BCUT2D eigenvalue weighted by Crippen LogP contribution is -2.15. The fourth-order valence-corrected chi connectivity index (χ4v) is 1.45. The second-order valence-electron chi connectivity index (χ2n) is 1.99. The van der Waals surface area contributed by atoms with E-state index in [1.54, 1.807) is 0 Å². The number of sulfonamides is 1. The van der Waals surface area contributed by atoms with Crippen LogP contribution in [-0.2, 0) is 10.0 Å². The minimum absolute atomic E-state index is 0.354. The van der Waals surface area contributed by atoms with Crippen LogP contribution in [0.5, 0.6) is 0 Å². The molecule has 0 unspecified atom stereocenters. The van der Waals surface area contributed by atoms with E-state index in [-0.39, 0.29) is 0 Å². The lowest BCUT2D eigenvalue weighted by molar-refractivity contribution is 0.554. The van der Waals surface area contributed by atoms with E-state index in [1.165, 1.54) is 0 Å². The SMILES string of the molecule is NS(=O)(=O)c1ncc(Br)cc1F. The van der Waals surface area contributed by atoms with Crippen molar-refractivity contribution in [2.45, 2.75) is 5.03 Å². The van der Waals surface area contributed by atoms with E-state index in [1.807, 2.05) is 0 Å². The Morgan fingerprint density at radius 3 is 2.58 bits per heavy atom. The number of rotatable bonds is 1. The Kier molecular flexibility index (Phi) is 2.45. The highest BCUT2D eigenvalue weighted by molar-refractivity contribution is 9.10. The molecule has 0 fully saturated rings. The van der Waals surface area contributed by atoms with E-state index < -0.39 is 20.9 Å².